The van der Waals surface area contributed by atoms with E-state index in [1.807, 2.05) is 31.3 Å². The number of Topliss-reactive ketones (excluding diaryl/α,β-unsaturated/α-hetero) is 1. The zero-order chi connectivity index (χ0) is 26.1. The van der Waals surface area contributed by atoms with Crippen molar-refractivity contribution in [1.82, 2.24) is 4.98 Å². The maximum absolute atomic E-state index is 12.7. The number of carbonyl (C=O) groups excluding carboxylic acids is 2. The predicted molar refractivity (Wildman–Crippen MR) is 135 cm³/mol. The first-order valence-electron chi connectivity index (χ1n) is 12.7. The summed E-state index contributed by atoms with van der Waals surface area (Å²) < 4.78 is 12.6. The van der Waals surface area contributed by atoms with Crippen molar-refractivity contribution in [3.8, 4) is 0 Å². The van der Waals surface area contributed by atoms with Gasteiger partial charge < -0.3 is 14.6 Å². The second kappa shape index (κ2) is 8.13. The van der Waals surface area contributed by atoms with Gasteiger partial charge in [-0.25, -0.2) is 0 Å². The summed E-state index contributed by atoms with van der Waals surface area (Å²) in [5, 5.41) is 11.6. The molecule has 37 heavy (non-hydrogen) atoms. The van der Waals surface area contributed by atoms with Crippen LogP contribution in [0.2, 0.25) is 0 Å². The Morgan fingerprint density at radius 2 is 1.97 bits per heavy atom. The van der Waals surface area contributed by atoms with Crippen LogP contribution in [0.25, 0.3) is 10.8 Å². The van der Waals surface area contributed by atoms with Crippen LogP contribution >= 0.6 is 0 Å². The molecule has 0 bridgehead atoms. The van der Waals surface area contributed by atoms with Crippen molar-refractivity contribution in [2.75, 3.05) is 0 Å². The summed E-state index contributed by atoms with van der Waals surface area (Å²) in [7, 11) is 0. The van der Waals surface area contributed by atoms with Crippen LogP contribution in [-0.2, 0) is 23.9 Å². The Morgan fingerprint density at radius 1 is 1.16 bits per heavy atom. The normalized spacial score (nSPS) is 34.2. The zero-order valence-corrected chi connectivity index (χ0v) is 21.1. The highest BCUT2D eigenvalue weighted by Crippen LogP contribution is 2.64. The molecule has 2 unspecified atom stereocenters. The SMILES string of the molecule is CC(=O)OC1(C)C[C@H]2[C@@H]3OC4=C(C=C3C=C[C@]2(C)[C@H]1c1ccc2ccncc2c1)C(=O)CC(C(=O)O)C4. The number of carbonyl (C=O) groups is 3. The number of fused-ring (bicyclic) bond motifs is 4. The lowest BCUT2D eigenvalue weighted by molar-refractivity contribution is -0.157. The second-order valence-corrected chi connectivity index (χ2v) is 11.2. The van der Waals surface area contributed by atoms with Crippen LogP contribution in [0.1, 0.15) is 51.5 Å². The molecule has 7 nitrogen and oxygen atoms in total. The van der Waals surface area contributed by atoms with E-state index in [0.717, 1.165) is 21.9 Å². The fourth-order valence-corrected chi connectivity index (χ4v) is 7.27. The standard InChI is InChI=1S/C30H29NO6/c1-16(32)37-30(3)14-23-26-18(11-22-24(33)12-20(28(34)35)13-25(22)36-26)6-8-29(23,2)27(30)19-5-4-17-7-9-31-15-21(17)10-19/h4-11,15,20,23,26-27H,12-14H2,1-3H3,(H,34,35)/t20?,23-,26+,27+,29-,30?/m0/s1. The second-order valence-electron chi connectivity index (χ2n) is 11.2. The molecule has 1 aliphatic heterocycles. The summed E-state index contributed by atoms with van der Waals surface area (Å²) in [6.45, 7) is 5.61. The van der Waals surface area contributed by atoms with E-state index >= 15 is 0 Å². The lowest BCUT2D eigenvalue weighted by Crippen LogP contribution is -2.42. The van der Waals surface area contributed by atoms with Gasteiger partial charge in [0.05, 0.1) is 11.5 Å². The predicted octanol–water partition coefficient (Wildman–Crippen LogP) is 4.88. The first-order valence-corrected chi connectivity index (χ1v) is 12.7. The van der Waals surface area contributed by atoms with Gasteiger partial charge in [0.25, 0.3) is 0 Å². The number of benzene rings is 1. The number of esters is 1. The summed E-state index contributed by atoms with van der Waals surface area (Å²) in [6, 6.07) is 8.27. The van der Waals surface area contributed by atoms with Crippen LogP contribution in [-0.4, -0.2) is 39.5 Å². The fraction of sp³-hybridized carbons (Fsp3) is 0.400. The average molecular weight is 500 g/mol. The van der Waals surface area contributed by atoms with E-state index < -0.39 is 22.9 Å². The van der Waals surface area contributed by atoms with Gasteiger partial charge in [-0.2, -0.15) is 0 Å². The third-order valence-electron chi connectivity index (χ3n) is 8.75. The van der Waals surface area contributed by atoms with Gasteiger partial charge in [-0.1, -0.05) is 31.2 Å². The molecular formula is C30H29NO6. The van der Waals surface area contributed by atoms with Crippen molar-refractivity contribution in [3.05, 3.63) is 77.4 Å². The minimum absolute atomic E-state index is 0.0136. The highest BCUT2D eigenvalue weighted by molar-refractivity contribution is 6.02. The number of ether oxygens (including phenoxy) is 2. The number of aromatic nitrogens is 1. The molecule has 4 aliphatic rings. The number of hydrogen-bond acceptors (Lipinski definition) is 6. The number of pyridine rings is 1. The first kappa shape index (κ1) is 23.6. The molecule has 0 saturated heterocycles. The van der Waals surface area contributed by atoms with Crippen LogP contribution in [0.3, 0.4) is 0 Å². The third kappa shape index (κ3) is 3.63. The summed E-state index contributed by atoms with van der Waals surface area (Å²) in [5.41, 5.74) is 1.21. The lowest BCUT2D eigenvalue weighted by atomic mass is 9.63. The van der Waals surface area contributed by atoms with Gasteiger partial charge in [0.15, 0.2) is 5.78 Å². The molecule has 1 N–H and O–H groups in total. The Balaban J connectivity index is 1.44. The number of aliphatic carboxylic acids is 1. The molecule has 2 heterocycles. The number of rotatable bonds is 3. The largest absolute Gasteiger partial charge is 0.489 e. The molecule has 190 valence electrons. The Labute approximate surface area is 214 Å². The van der Waals surface area contributed by atoms with Crippen LogP contribution in [0, 0.1) is 17.3 Å². The molecule has 0 radical (unpaired) electrons. The van der Waals surface area contributed by atoms with Crippen molar-refractivity contribution >= 4 is 28.5 Å². The smallest absolute Gasteiger partial charge is 0.307 e. The number of nitrogens with zero attached hydrogens (tertiary/aromatic N) is 1. The van der Waals surface area contributed by atoms with Gasteiger partial charge in [-0.15, -0.1) is 0 Å². The van der Waals surface area contributed by atoms with Crippen molar-refractivity contribution in [2.45, 2.75) is 57.7 Å². The van der Waals surface area contributed by atoms with Gasteiger partial charge in [0, 0.05) is 54.8 Å². The molecule has 0 amide bonds. The number of allylic oxidation sites excluding steroid dienone is 4. The van der Waals surface area contributed by atoms with E-state index in [-0.39, 0.29) is 42.5 Å². The van der Waals surface area contributed by atoms with Gasteiger partial charge in [-0.3, -0.25) is 19.4 Å². The van der Waals surface area contributed by atoms with E-state index in [2.05, 4.69) is 36.2 Å². The summed E-state index contributed by atoms with van der Waals surface area (Å²) in [4.78, 5) is 41.0. The molecule has 0 spiro atoms. The number of ketones is 1. The van der Waals surface area contributed by atoms with Gasteiger partial charge in [0.1, 0.15) is 17.5 Å². The average Bonchev–Trinajstić information content (AvgIpc) is 3.08. The molecule has 6 atom stereocenters. The molecule has 7 heteroatoms. The van der Waals surface area contributed by atoms with E-state index in [1.165, 1.54) is 6.92 Å². The number of hydrogen-bond donors (Lipinski definition) is 1. The molecule has 2 aromatic rings. The van der Waals surface area contributed by atoms with Crippen molar-refractivity contribution in [2.24, 2.45) is 17.3 Å². The van der Waals surface area contributed by atoms with E-state index in [4.69, 9.17) is 9.47 Å². The van der Waals surface area contributed by atoms with Crippen LogP contribution < -0.4 is 0 Å². The molecule has 3 aliphatic carbocycles. The highest BCUT2D eigenvalue weighted by atomic mass is 16.6. The minimum Gasteiger partial charge on any atom is -0.489 e. The summed E-state index contributed by atoms with van der Waals surface area (Å²) >= 11 is 0. The molecular weight excluding hydrogens is 470 g/mol. The topological polar surface area (TPSA) is 103 Å². The monoisotopic (exact) mass is 499 g/mol. The number of carboxylic acids is 1. The van der Waals surface area contributed by atoms with Crippen molar-refractivity contribution < 1.29 is 29.0 Å². The fourth-order valence-electron chi connectivity index (χ4n) is 7.27. The molecule has 6 rings (SSSR count). The molecule has 1 fully saturated rings. The molecule has 1 aromatic carbocycles. The van der Waals surface area contributed by atoms with E-state index in [9.17, 15) is 19.5 Å². The van der Waals surface area contributed by atoms with E-state index in [1.54, 1.807) is 6.20 Å². The van der Waals surface area contributed by atoms with Gasteiger partial charge >= 0.3 is 11.9 Å². The Kier molecular flexibility index (Phi) is 5.20. The third-order valence-corrected chi connectivity index (χ3v) is 8.75. The zero-order valence-electron chi connectivity index (χ0n) is 21.1. The summed E-state index contributed by atoms with van der Waals surface area (Å²) in [6.07, 6.45) is 10.1. The lowest BCUT2D eigenvalue weighted by Gasteiger charge is -2.45. The van der Waals surface area contributed by atoms with Gasteiger partial charge in [-0.05, 0) is 48.1 Å². The van der Waals surface area contributed by atoms with Crippen LogP contribution in [0.4, 0.5) is 0 Å². The Morgan fingerprint density at radius 3 is 2.73 bits per heavy atom. The Bertz CT molecular complexity index is 1450. The van der Waals surface area contributed by atoms with Gasteiger partial charge in [0.2, 0.25) is 0 Å². The maximum atomic E-state index is 12.7. The molecule has 1 saturated carbocycles. The van der Waals surface area contributed by atoms with Crippen molar-refractivity contribution in [1.29, 1.82) is 0 Å². The highest BCUT2D eigenvalue weighted by Gasteiger charge is 2.63. The quantitative estimate of drug-likeness (QED) is 0.601. The minimum atomic E-state index is -0.985. The van der Waals surface area contributed by atoms with Crippen LogP contribution in [0.5, 0.6) is 0 Å². The van der Waals surface area contributed by atoms with Crippen molar-refractivity contribution in [3.63, 3.8) is 0 Å². The van der Waals surface area contributed by atoms with E-state index in [0.29, 0.717) is 17.8 Å². The molecule has 1 aromatic heterocycles. The first-order chi connectivity index (χ1) is 17.6. The summed E-state index contributed by atoms with van der Waals surface area (Å²) in [5.74, 6) is -2.05. The van der Waals surface area contributed by atoms with Crippen LogP contribution in [0.15, 0.2) is 71.8 Å². The Hall–Kier alpha value is -3.74. The maximum Gasteiger partial charge on any atom is 0.307 e. The number of carboxylic acid groups (broad SMARTS) is 1.